The predicted molar refractivity (Wildman–Crippen MR) is 74.5 cm³/mol. The quantitative estimate of drug-likeness (QED) is 0.843. The van der Waals surface area contributed by atoms with Gasteiger partial charge in [-0.2, -0.15) is 0 Å². The van der Waals surface area contributed by atoms with E-state index in [-0.39, 0.29) is 0 Å². The Hall–Kier alpha value is -1.61. The van der Waals surface area contributed by atoms with Crippen LogP contribution < -0.4 is 0 Å². The number of carboxylic acid groups (broad SMARTS) is 1. The molecule has 0 bridgehead atoms. The summed E-state index contributed by atoms with van der Waals surface area (Å²) < 4.78 is 0. The summed E-state index contributed by atoms with van der Waals surface area (Å²) in [6.45, 7) is 1.79. The molecule has 1 N–H and O–H groups in total. The van der Waals surface area contributed by atoms with E-state index in [0.717, 1.165) is 5.56 Å². The lowest BCUT2D eigenvalue weighted by Crippen LogP contribution is -1.92. The maximum absolute atomic E-state index is 10.3. The molecule has 0 amide bonds. The van der Waals surface area contributed by atoms with Crippen molar-refractivity contribution in [3.05, 3.63) is 57.3 Å². The Morgan fingerprint density at radius 1 is 1.17 bits per heavy atom. The Balaban J connectivity index is 0.000000134. The summed E-state index contributed by atoms with van der Waals surface area (Å²) in [6.07, 6.45) is 3.96. The second kappa shape index (κ2) is 5.83. The number of fused-ring (bicyclic) bond motifs is 1. The Kier molecular flexibility index (Phi) is 4.15. The molecular weight excluding hydrogens is 244 g/mol. The van der Waals surface area contributed by atoms with Crippen molar-refractivity contribution in [3.8, 4) is 0 Å². The SMILES string of the molecule is Cc1ccsc1C(=O)O.c1ccc2c(c1)CCC2. The number of rotatable bonds is 1. The van der Waals surface area contributed by atoms with E-state index in [9.17, 15) is 4.79 Å². The maximum Gasteiger partial charge on any atom is 0.346 e. The highest BCUT2D eigenvalue weighted by atomic mass is 32.1. The highest BCUT2D eigenvalue weighted by Crippen LogP contribution is 2.20. The number of carbonyl (C=O) groups is 1. The minimum atomic E-state index is -0.831. The summed E-state index contributed by atoms with van der Waals surface area (Å²) in [7, 11) is 0. The van der Waals surface area contributed by atoms with E-state index in [0.29, 0.717) is 4.88 Å². The molecule has 0 saturated heterocycles. The molecule has 3 rings (SSSR count). The lowest BCUT2D eigenvalue weighted by atomic mass is 10.1. The van der Waals surface area contributed by atoms with Crippen LogP contribution in [-0.2, 0) is 12.8 Å². The van der Waals surface area contributed by atoms with Crippen LogP contribution in [-0.4, -0.2) is 11.1 Å². The van der Waals surface area contributed by atoms with Crippen molar-refractivity contribution >= 4 is 17.3 Å². The van der Waals surface area contributed by atoms with Crippen molar-refractivity contribution in [3.63, 3.8) is 0 Å². The molecule has 0 radical (unpaired) electrons. The van der Waals surface area contributed by atoms with Crippen LogP contribution >= 0.6 is 11.3 Å². The first-order valence-corrected chi connectivity index (χ1v) is 6.90. The van der Waals surface area contributed by atoms with E-state index >= 15 is 0 Å². The fourth-order valence-electron chi connectivity index (χ4n) is 2.11. The molecule has 3 heteroatoms. The van der Waals surface area contributed by atoms with E-state index in [4.69, 9.17) is 5.11 Å². The van der Waals surface area contributed by atoms with E-state index in [2.05, 4.69) is 24.3 Å². The third-order valence-electron chi connectivity index (χ3n) is 3.07. The van der Waals surface area contributed by atoms with E-state index in [1.54, 1.807) is 29.5 Å². The van der Waals surface area contributed by atoms with E-state index in [1.165, 1.54) is 30.6 Å². The lowest BCUT2D eigenvalue weighted by molar-refractivity contribution is 0.0701. The smallest absolute Gasteiger partial charge is 0.346 e. The van der Waals surface area contributed by atoms with Crippen molar-refractivity contribution in [2.45, 2.75) is 26.2 Å². The van der Waals surface area contributed by atoms with Gasteiger partial charge in [0.2, 0.25) is 0 Å². The predicted octanol–water partition coefficient (Wildman–Crippen LogP) is 3.93. The monoisotopic (exact) mass is 260 g/mol. The number of thiophene rings is 1. The molecule has 0 atom stereocenters. The van der Waals surface area contributed by atoms with Crippen LogP contribution in [0.4, 0.5) is 0 Å². The molecule has 94 valence electrons. The third kappa shape index (κ3) is 2.99. The van der Waals surface area contributed by atoms with Crippen LogP contribution in [0.15, 0.2) is 35.7 Å². The van der Waals surface area contributed by atoms with Gasteiger partial charge in [-0.15, -0.1) is 11.3 Å². The molecule has 2 aromatic rings. The molecule has 1 aromatic carbocycles. The van der Waals surface area contributed by atoms with Crippen molar-refractivity contribution < 1.29 is 9.90 Å². The summed E-state index contributed by atoms with van der Waals surface area (Å²) in [4.78, 5) is 10.7. The van der Waals surface area contributed by atoms with Gasteiger partial charge in [-0.25, -0.2) is 4.79 Å². The number of hydrogen-bond acceptors (Lipinski definition) is 2. The summed E-state index contributed by atoms with van der Waals surface area (Å²) in [5.74, 6) is -0.831. The molecule has 1 aliphatic rings. The zero-order valence-electron chi connectivity index (χ0n) is 10.3. The average Bonchev–Trinajstić information content (AvgIpc) is 2.97. The number of carboxylic acids is 1. The van der Waals surface area contributed by atoms with Crippen molar-refractivity contribution in [1.82, 2.24) is 0 Å². The summed E-state index contributed by atoms with van der Waals surface area (Å²) in [5, 5.41) is 10.2. The van der Waals surface area contributed by atoms with Crippen LogP contribution in [0.2, 0.25) is 0 Å². The van der Waals surface area contributed by atoms with Crippen LogP contribution in [0.5, 0.6) is 0 Å². The van der Waals surface area contributed by atoms with Gasteiger partial charge in [0, 0.05) is 0 Å². The molecule has 0 unspecified atom stereocenters. The molecule has 0 spiro atoms. The van der Waals surface area contributed by atoms with Gasteiger partial charge < -0.3 is 5.11 Å². The van der Waals surface area contributed by atoms with Crippen LogP contribution in [0, 0.1) is 6.92 Å². The number of aryl methyl sites for hydroxylation is 3. The fraction of sp³-hybridized carbons (Fsp3) is 0.267. The van der Waals surface area contributed by atoms with Crippen LogP contribution in [0.25, 0.3) is 0 Å². The fourth-order valence-corrected chi connectivity index (χ4v) is 2.87. The Morgan fingerprint density at radius 3 is 2.17 bits per heavy atom. The molecule has 0 saturated carbocycles. The standard InChI is InChI=1S/C9H10.C6H6O2S/c1-2-5-9-7-3-6-8(9)4-1;1-4-2-3-9-5(4)6(7)8/h1-2,4-5H,3,6-7H2;2-3H,1H3,(H,7,8). The molecular formula is C15H16O2S. The Labute approximate surface area is 111 Å². The van der Waals surface area contributed by atoms with E-state index < -0.39 is 5.97 Å². The molecule has 18 heavy (non-hydrogen) atoms. The molecule has 2 nitrogen and oxygen atoms in total. The van der Waals surface area contributed by atoms with Gasteiger partial charge in [0.25, 0.3) is 0 Å². The Bertz CT molecular complexity index is 520. The number of hydrogen-bond donors (Lipinski definition) is 1. The van der Waals surface area contributed by atoms with Gasteiger partial charge in [-0.05, 0) is 54.3 Å². The maximum atomic E-state index is 10.3. The van der Waals surface area contributed by atoms with Gasteiger partial charge in [0.1, 0.15) is 4.88 Å². The minimum absolute atomic E-state index is 0.440. The number of benzene rings is 1. The summed E-state index contributed by atoms with van der Waals surface area (Å²) in [5.41, 5.74) is 3.97. The molecule has 1 aromatic heterocycles. The largest absolute Gasteiger partial charge is 0.477 e. The van der Waals surface area contributed by atoms with Crippen molar-refractivity contribution in [2.75, 3.05) is 0 Å². The first-order chi connectivity index (χ1) is 8.68. The first-order valence-electron chi connectivity index (χ1n) is 6.02. The van der Waals surface area contributed by atoms with Gasteiger partial charge in [-0.1, -0.05) is 24.3 Å². The van der Waals surface area contributed by atoms with Crippen molar-refractivity contribution in [2.24, 2.45) is 0 Å². The topological polar surface area (TPSA) is 37.3 Å². The first kappa shape index (κ1) is 12.8. The molecule has 1 aliphatic carbocycles. The van der Waals surface area contributed by atoms with E-state index in [1.807, 2.05) is 0 Å². The van der Waals surface area contributed by atoms with Gasteiger partial charge in [0.15, 0.2) is 0 Å². The van der Waals surface area contributed by atoms with Crippen molar-refractivity contribution in [1.29, 1.82) is 0 Å². The number of aromatic carboxylic acids is 1. The normalized spacial score (nSPS) is 12.5. The average molecular weight is 260 g/mol. The third-order valence-corrected chi connectivity index (χ3v) is 4.07. The second-order valence-corrected chi connectivity index (χ2v) is 5.28. The summed E-state index contributed by atoms with van der Waals surface area (Å²) >= 11 is 1.26. The van der Waals surface area contributed by atoms with Gasteiger partial charge in [-0.3, -0.25) is 0 Å². The lowest BCUT2D eigenvalue weighted by Gasteiger charge is -1.93. The molecule has 0 fully saturated rings. The summed E-state index contributed by atoms with van der Waals surface area (Å²) in [6, 6.07) is 10.5. The highest BCUT2D eigenvalue weighted by molar-refractivity contribution is 7.12. The van der Waals surface area contributed by atoms with Gasteiger partial charge >= 0.3 is 5.97 Å². The van der Waals surface area contributed by atoms with Crippen LogP contribution in [0.3, 0.4) is 0 Å². The van der Waals surface area contributed by atoms with Gasteiger partial charge in [0.05, 0.1) is 0 Å². The highest BCUT2D eigenvalue weighted by Gasteiger charge is 2.07. The zero-order chi connectivity index (χ0) is 13.0. The second-order valence-electron chi connectivity index (χ2n) is 4.36. The van der Waals surface area contributed by atoms with Crippen LogP contribution in [0.1, 0.15) is 32.8 Å². The Morgan fingerprint density at radius 2 is 1.78 bits per heavy atom. The molecule has 0 aliphatic heterocycles. The minimum Gasteiger partial charge on any atom is -0.477 e. The molecule has 1 heterocycles. The zero-order valence-corrected chi connectivity index (χ0v) is 11.2.